The summed E-state index contributed by atoms with van der Waals surface area (Å²) in [4.78, 5) is 4.68. The van der Waals surface area contributed by atoms with Gasteiger partial charge in [0.1, 0.15) is 12.4 Å². The third kappa shape index (κ3) is 4.18. The van der Waals surface area contributed by atoms with Crippen LogP contribution in [0.1, 0.15) is 11.3 Å². The topological polar surface area (TPSA) is 56.3 Å². The molecule has 29 heavy (non-hydrogen) atoms. The first-order valence-corrected chi connectivity index (χ1v) is 10.4. The van der Waals surface area contributed by atoms with Gasteiger partial charge in [-0.25, -0.2) is 9.37 Å². The summed E-state index contributed by atoms with van der Waals surface area (Å²) in [6.45, 7) is 1.63. The maximum absolute atomic E-state index is 13.8. The molecule has 0 bridgehead atoms. The number of halogens is 1. The molecule has 0 unspecified atom stereocenters. The number of aromatic nitrogens is 1. The van der Waals surface area contributed by atoms with Crippen molar-refractivity contribution in [1.29, 1.82) is 0 Å². The van der Waals surface area contributed by atoms with Crippen LogP contribution in [0.25, 0.3) is 22.0 Å². The van der Waals surface area contributed by atoms with Crippen molar-refractivity contribution >= 4 is 20.9 Å². The number of hydrogen-bond donors (Lipinski definition) is 0. The summed E-state index contributed by atoms with van der Waals surface area (Å²) in [6, 6.07) is 22.0. The van der Waals surface area contributed by atoms with Crippen molar-refractivity contribution in [3.8, 4) is 11.3 Å². The van der Waals surface area contributed by atoms with Crippen LogP contribution in [0.15, 0.2) is 83.8 Å². The van der Waals surface area contributed by atoms with E-state index in [1.807, 2.05) is 37.3 Å². The second-order valence-corrected chi connectivity index (χ2v) is 8.33. The molecule has 0 aliphatic heterocycles. The van der Waals surface area contributed by atoms with E-state index < -0.39 is 10.1 Å². The van der Waals surface area contributed by atoms with Crippen molar-refractivity contribution in [1.82, 2.24) is 4.98 Å². The van der Waals surface area contributed by atoms with E-state index >= 15 is 0 Å². The molecule has 4 rings (SSSR count). The molecule has 1 heterocycles. The number of nitrogens with zero attached hydrogens (tertiary/aromatic N) is 1. The average Bonchev–Trinajstić information content (AvgIpc) is 2.72. The molecule has 146 valence electrons. The van der Waals surface area contributed by atoms with Crippen molar-refractivity contribution < 1.29 is 17.0 Å². The molecule has 0 atom stereocenters. The Hall–Kier alpha value is -3.09. The number of rotatable bonds is 5. The highest BCUT2D eigenvalue weighted by Crippen LogP contribution is 2.27. The van der Waals surface area contributed by atoms with Crippen LogP contribution in [-0.4, -0.2) is 13.4 Å². The predicted octanol–water partition coefficient (Wildman–Crippen LogP) is 5.25. The fourth-order valence-electron chi connectivity index (χ4n) is 3.07. The molecule has 4 nitrogen and oxygen atoms in total. The summed E-state index contributed by atoms with van der Waals surface area (Å²) in [5.74, 6) is -0.373. The van der Waals surface area contributed by atoms with Crippen LogP contribution in [0.2, 0.25) is 0 Å². The highest BCUT2D eigenvalue weighted by atomic mass is 32.2. The van der Waals surface area contributed by atoms with Crippen LogP contribution in [0.4, 0.5) is 4.39 Å². The second-order valence-electron chi connectivity index (χ2n) is 6.72. The summed E-state index contributed by atoms with van der Waals surface area (Å²) in [7, 11) is -3.94. The lowest BCUT2D eigenvalue weighted by molar-refractivity contribution is 0.305. The lowest BCUT2D eigenvalue weighted by Crippen LogP contribution is -2.08. The summed E-state index contributed by atoms with van der Waals surface area (Å²) in [6.07, 6.45) is 0. The Labute approximate surface area is 168 Å². The molecule has 3 aromatic carbocycles. The van der Waals surface area contributed by atoms with E-state index in [4.69, 9.17) is 4.18 Å². The van der Waals surface area contributed by atoms with Gasteiger partial charge in [0.15, 0.2) is 0 Å². The first-order valence-electron chi connectivity index (χ1n) is 9.03. The zero-order valence-electron chi connectivity index (χ0n) is 15.7. The zero-order chi connectivity index (χ0) is 20.4. The molecule has 4 aromatic rings. The Morgan fingerprint density at radius 3 is 2.38 bits per heavy atom. The molecular weight excluding hydrogens is 389 g/mol. The molecule has 0 saturated heterocycles. The van der Waals surface area contributed by atoms with Gasteiger partial charge >= 0.3 is 0 Å². The molecule has 0 aliphatic rings. The van der Waals surface area contributed by atoms with Gasteiger partial charge in [0, 0.05) is 10.9 Å². The van der Waals surface area contributed by atoms with E-state index in [2.05, 4.69) is 4.98 Å². The van der Waals surface area contributed by atoms with Gasteiger partial charge in [-0.3, -0.25) is 4.18 Å². The minimum atomic E-state index is -3.94. The van der Waals surface area contributed by atoms with Gasteiger partial charge in [0.05, 0.1) is 16.3 Å². The van der Waals surface area contributed by atoms with Crippen molar-refractivity contribution in [2.75, 3.05) is 0 Å². The van der Waals surface area contributed by atoms with Crippen LogP contribution in [-0.2, 0) is 20.9 Å². The number of pyridine rings is 1. The molecule has 6 heteroatoms. The summed E-state index contributed by atoms with van der Waals surface area (Å²) >= 11 is 0. The molecule has 0 N–H and O–H groups in total. The highest BCUT2D eigenvalue weighted by Gasteiger charge is 2.17. The van der Waals surface area contributed by atoms with Crippen LogP contribution < -0.4 is 0 Å². The number of benzene rings is 3. The van der Waals surface area contributed by atoms with Crippen molar-refractivity contribution in [3.05, 3.63) is 95.9 Å². The Morgan fingerprint density at radius 1 is 0.931 bits per heavy atom. The second kappa shape index (κ2) is 7.73. The monoisotopic (exact) mass is 407 g/mol. The van der Waals surface area contributed by atoms with Gasteiger partial charge in [-0.2, -0.15) is 8.42 Å². The fraction of sp³-hybridized carbons (Fsp3) is 0.0870. The van der Waals surface area contributed by atoms with Gasteiger partial charge in [-0.15, -0.1) is 0 Å². The van der Waals surface area contributed by atoms with E-state index in [-0.39, 0.29) is 17.3 Å². The van der Waals surface area contributed by atoms with E-state index in [1.54, 1.807) is 24.3 Å². The first kappa shape index (κ1) is 19.2. The van der Waals surface area contributed by atoms with Crippen LogP contribution >= 0.6 is 0 Å². The van der Waals surface area contributed by atoms with Gasteiger partial charge in [0.2, 0.25) is 0 Å². The first-order chi connectivity index (χ1) is 13.9. The number of hydrogen-bond acceptors (Lipinski definition) is 4. The largest absolute Gasteiger partial charge is 0.297 e. The molecule has 0 radical (unpaired) electrons. The van der Waals surface area contributed by atoms with Crippen LogP contribution in [0, 0.1) is 12.7 Å². The third-order valence-electron chi connectivity index (χ3n) is 4.60. The molecule has 0 amide bonds. The molecule has 0 aliphatic carbocycles. The summed E-state index contributed by atoms with van der Waals surface area (Å²) < 4.78 is 44.2. The average molecular weight is 407 g/mol. The fourth-order valence-corrected chi connectivity index (χ4v) is 3.95. The predicted molar refractivity (Wildman–Crippen MR) is 110 cm³/mol. The Bertz CT molecular complexity index is 1270. The van der Waals surface area contributed by atoms with E-state index in [1.165, 1.54) is 24.3 Å². The Balaban J connectivity index is 1.73. The van der Waals surface area contributed by atoms with Crippen LogP contribution in [0.5, 0.6) is 0 Å². The molecule has 1 aromatic heterocycles. The van der Waals surface area contributed by atoms with Crippen molar-refractivity contribution in [2.45, 2.75) is 18.4 Å². The minimum Gasteiger partial charge on any atom is -0.260 e. The van der Waals surface area contributed by atoms with Gasteiger partial charge in [0.25, 0.3) is 10.1 Å². The molecule has 0 spiro atoms. The molecule has 0 fully saturated rings. The quantitative estimate of drug-likeness (QED) is 0.424. The minimum absolute atomic E-state index is 0.0812. The standard InChI is InChI=1S/C23H18FNO3S/c1-16-7-10-20(11-8-16)29(26,27)28-15-23-21-12-9-19(24)13-18(21)14-22(25-23)17-5-3-2-4-6-17/h2-14H,15H2,1H3. The molecule has 0 saturated carbocycles. The SMILES string of the molecule is Cc1ccc(S(=O)(=O)OCc2nc(-c3ccccc3)cc3cc(F)ccc23)cc1. The summed E-state index contributed by atoms with van der Waals surface area (Å²) in [5.41, 5.74) is 2.85. The lowest BCUT2D eigenvalue weighted by atomic mass is 10.0. The van der Waals surface area contributed by atoms with E-state index in [0.717, 1.165) is 11.1 Å². The van der Waals surface area contributed by atoms with E-state index in [0.29, 0.717) is 22.2 Å². The van der Waals surface area contributed by atoms with Gasteiger partial charge in [-0.1, -0.05) is 48.0 Å². The Morgan fingerprint density at radius 2 is 1.66 bits per heavy atom. The zero-order valence-corrected chi connectivity index (χ0v) is 16.5. The number of aryl methyl sites for hydroxylation is 1. The van der Waals surface area contributed by atoms with Crippen molar-refractivity contribution in [3.63, 3.8) is 0 Å². The maximum Gasteiger partial charge on any atom is 0.297 e. The smallest absolute Gasteiger partial charge is 0.260 e. The summed E-state index contributed by atoms with van der Waals surface area (Å²) in [5, 5.41) is 1.27. The third-order valence-corrected chi connectivity index (χ3v) is 5.88. The van der Waals surface area contributed by atoms with Crippen molar-refractivity contribution in [2.24, 2.45) is 0 Å². The lowest BCUT2D eigenvalue weighted by Gasteiger charge is -2.11. The van der Waals surface area contributed by atoms with E-state index in [9.17, 15) is 12.8 Å². The number of fused-ring (bicyclic) bond motifs is 1. The highest BCUT2D eigenvalue weighted by molar-refractivity contribution is 7.86. The molecular formula is C23H18FNO3S. The normalized spacial score (nSPS) is 11.7. The van der Waals surface area contributed by atoms with Gasteiger partial charge < -0.3 is 0 Å². The van der Waals surface area contributed by atoms with Gasteiger partial charge in [-0.05, 0) is 48.7 Å². The van der Waals surface area contributed by atoms with Crippen LogP contribution in [0.3, 0.4) is 0 Å². The maximum atomic E-state index is 13.8. The Kier molecular flexibility index (Phi) is 5.13.